The third-order valence-corrected chi connectivity index (χ3v) is 2.04. The van der Waals surface area contributed by atoms with Gasteiger partial charge in [-0.2, -0.15) is 0 Å². The van der Waals surface area contributed by atoms with E-state index >= 15 is 0 Å². The van der Waals surface area contributed by atoms with Gasteiger partial charge in [-0.3, -0.25) is 4.79 Å². The predicted octanol–water partition coefficient (Wildman–Crippen LogP) is 1.02. The van der Waals surface area contributed by atoms with Crippen LogP contribution >= 0.6 is 0 Å². The third kappa shape index (κ3) is 2.66. The Labute approximate surface area is 72.0 Å². The van der Waals surface area contributed by atoms with Crippen LogP contribution in [0, 0.1) is 0 Å². The minimum absolute atomic E-state index is 0.287. The zero-order valence-corrected chi connectivity index (χ0v) is 7.25. The van der Waals surface area contributed by atoms with Gasteiger partial charge in [-0.05, 0) is 12.8 Å². The second kappa shape index (κ2) is 3.72. The molecule has 1 N–H and O–H groups in total. The van der Waals surface area contributed by atoms with Gasteiger partial charge in [-0.15, -0.1) is 0 Å². The van der Waals surface area contributed by atoms with E-state index in [4.69, 9.17) is 4.74 Å². The largest absolute Gasteiger partial charge is 0.466 e. The molecule has 0 fully saturated rings. The van der Waals surface area contributed by atoms with Crippen LogP contribution in [-0.2, 0) is 9.53 Å². The van der Waals surface area contributed by atoms with E-state index < -0.39 is 5.60 Å². The van der Waals surface area contributed by atoms with E-state index in [-0.39, 0.29) is 5.97 Å². The first-order chi connectivity index (χ1) is 5.62. The van der Waals surface area contributed by atoms with E-state index in [1.54, 1.807) is 0 Å². The van der Waals surface area contributed by atoms with Crippen molar-refractivity contribution in [3.05, 3.63) is 12.2 Å². The van der Waals surface area contributed by atoms with Crippen molar-refractivity contribution in [2.24, 2.45) is 0 Å². The summed E-state index contributed by atoms with van der Waals surface area (Å²) in [5, 5.41) is 9.75. The van der Waals surface area contributed by atoms with Gasteiger partial charge in [0.25, 0.3) is 0 Å². The van der Waals surface area contributed by atoms with Crippen LogP contribution in [0.25, 0.3) is 0 Å². The van der Waals surface area contributed by atoms with Crippen LogP contribution in [0.15, 0.2) is 12.2 Å². The van der Waals surface area contributed by atoms with Crippen LogP contribution in [0.4, 0.5) is 0 Å². The van der Waals surface area contributed by atoms with E-state index in [0.29, 0.717) is 25.9 Å². The van der Waals surface area contributed by atoms with E-state index in [0.717, 1.165) is 0 Å². The van der Waals surface area contributed by atoms with E-state index in [1.807, 2.05) is 12.2 Å². The van der Waals surface area contributed by atoms with Gasteiger partial charge in [-0.1, -0.05) is 12.2 Å². The minimum atomic E-state index is -0.657. The van der Waals surface area contributed by atoms with Gasteiger partial charge < -0.3 is 9.84 Å². The average molecular weight is 170 g/mol. The first-order valence-corrected chi connectivity index (χ1v) is 4.13. The van der Waals surface area contributed by atoms with Crippen LogP contribution in [0.5, 0.6) is 0 Å². The van der Waals surface area contributed by atoms with Gasteiger partial charge in [0, 0.05) is 13.3 Å². The van der Waals surface area contributed by atoms with E-state index in [1.165, 1.54) is 6.92 Å². The summed E-state index contributed by atoms with van der Waals surface area (Å²) < 4.78 is 4.74. The van der Waals surface area contributed by atoms with E-state index in [2.05, 4.69) is 0 Å². The normalized spacial score (nSPS) is 19.5. The van der Waals surface area contributed by atoms with Gasteiger partial charge in [0.2, 0.25) is 0 Å². The van der Waals surface area contributed by atoms with Crippen LogP contribution in [-0.4, -0.2) is 23.3 Å². The second-order valence-corrected chi connectivity index (χ2v) is 3.19. The highest BCUT2D eigenvalue weighted by Crippen LogP contribution is 2.26. The van der Waals surface area contributed by atoms with Crippen molar-refractivity contribution >= 4 is 5.97 Å². The Morgan fingerprint density at radius 2 is 2.17 bits per heavy atom. The molecule has 0 aromatic carbocycles. The first kappa shape index (κ1) is 9.26. The maximum absolute atomic E-state index is 10.4. The SMILES string of the molecule is CC(=O)OCCC1(O)CC=CC1. The molecular weight excluding hydrogens is 156 g/mol. The Hall–Kier alpha value is -0.830. The number of hydrogen-bond acceptors (Lipinski definition) is 3. The molecule has 12 heavy (non-hydrogen) atoms. The second-order valence-electron chi connectivity index (χ2n) is 3.19. The summed E-state index contributed by atoms with van der Waals surface area (Å²) >= 11 is 0. The molecule has 0 aromatic heterocycles. The summed E-state index contributed by atoms with van der Waals surface area (Å²) in [6.45, 7) is 1.68. The average Bonchev–Trinajstić information content (AvgIpc) is 2.35. The molecule has 0 saturated heterocycles. The highest BCUT2D eigenvalue weighted by Gasteiger charge is 2.27. The fraction of sp³-hybridized carbons (Fsp3) is 0.667. The monoisotopic (exact) mass is 170 g/mol. The molecule has 3 heteroatoms. The number of esters is 1. The van der Waals surface area contributed by atoms with Crippen molar-refractivity contribution in [3.8, 4) is 0 Å². The Morgan fingerprint density at radius 1 is 1.58 bits per heavy atom. The van der Waals surface area contributed by atoms with Crippen LogP contribution in [0.1, 0.15) is 26.2 Å². The summed E-state index contributed by atoms with van der Waals surface area (Å²) in [5.74, 6) is -0.287. The lowest BCUT2D eigenvalue weighted by Crippen LogP contribution is -2.26. The molecule has 68 valence electrons. The van der Waals surface area contributed by atoms with Gasteiger partial charge >= 0.3 is 5.97 Å². The molecular formula is C9H14O3. The Balaban J connectivity index is 2.18. The zero-order valence-electron chi connectivity index (χ0n) is 7.25. The summed E-state index contributed by atoms with van der Waals surface area (Å²) in [4.78, 5) is 10.4. The van der Waals surface area contributed by atoms with E-state index in [9.17, 15) is 9.90 Å². The lowest BCUT2D eigenvalue weighted by Gasteiger charge is -2.21. The molecule has 1 rings (SSSR count). The summed E-state index contributed by atoms with van der Waals surface area (Å²) in [6, 6.07) is 0. The number of carbonyl (C=O) groups excluding carboxylic acids is 1. The predicted molar refractivity (Wildman–Crippen MR) is 44.6 cm³/mol. The van der Waals surface area contributed by atoms with Crippen molar-refractivity contribution in [1.82, 2.24) is 0 Å². The summed E-state index contributed by atoms with van der Waals surface area (Å²) in [7, 11) is 0. The third-order valence-electron chi connectivity index (χ3n) is 2.04. The molecule has 0 bridgehead atoms. The molecule has 0 saturated carbocycles. The quantitative estimate of drug-likeness (QED) is 0.508. The highest BCUT2D eigenvalue weighted by molar-refractivity contribution is 5.65. The van der Waals surface area contributed by atoms with Crippen LogP contribution < -0.4 is 0 Å². The van der Waals surface area contributed by atoms with Crippen LogP contribution in [0.2, 0.25) is 0 Å². The van der Waals surface area contributed by atoms with Gasteiger partial charge in [0.15, 0.2) is 0 Å². The standard InChI is InChI=1S/C9H14O3/c1-8(10)12-7-6-9(11)4-2-3-5-9/h2-3,11H,4-7H2,1H3. The minimum Gasteiger partial charge on any atom is -0.466 e. The molecule has 0 spiro atoms. The summed E-state index contributed by atoms with van der Waals surface area (Å²) in [6.07, 6.45) is 5.78. The Kier molecular flexibility index (Phi) is 2.87. The molecule has 0 radical (unpaired) electrons. The molecule has 0 amide bonds. The van der Waals surface area contributed by atoms with Crippen molar-refractivity contribution < 1.29 is 14.6 Å². The smallest absolute Gasteiger partial charge is 0.302 e. The zero-order chi connectivity index (χ0) is 9.03. The lowest BCUT2D eigenvalue weighted by atomic mass is 9.98. The molecule has 0 unspecified atom stereocenters. The number of ether oxygens (including phenoxy) is 1. The Bertz CT molecular complexity index is 188. The van der Waals surface area contributed by atoms with Gasteiger partial charge in [-0.25, -0.2) is 0 Å². The molecule has 0 heterocycles. The molecule has 0 aliphatic heterocycles. The maximum atomic E-state index is 10.4. The van der Waals surface area contributed by atoms with Crippen molar-refractivity contribution in [3.63, 3.8) is 0 Å². The number of rotatable bonds is 3. The number of carbonyl (C=O) groups is 1. The maximum Gasteiger partial charge on any atom is 0.302 e. The molecule has 0 aromatic rings. The molecule has 1 aliphatic carbocycles. The first-order valence-electron chi connectivity index (χ1n) is 4.13. The molecule has 1 aliphatic rings. The van der Waals surface area contributed by atoms with Gasteiger partial charge in [0.1, 0.15) is 0 Å². The van der Waals surface area contributed by atoms with Crippen molar-refractivity contribution in [2.45, 2.75) is 31.8 Å². The molecule has 3 nitrogen and oxygen atoms in total. The lowest BCUT2D eigenvalue weighted by molar-refractivity contribution is -0.142. The number of hydrogen-bond donors (Lipinski definition) is 1. The Morgan fingerprint density at radius 3 is 2.67 bits per heavy atom. The van der Waals surface area contributed by atoms with Gasteiger partial charge in [0.05, 0.1) is 12.2 Å². The highest BCUT2D eigenvalue weighted by atomic mass is 16.5. The fourth-order valence-corrected chi connectivity index (χ4v) is 1.28. The molecule has 0 atom stereocenters. The van der Waals surface area contributed by atoms with Crippen molar-refractivity contribution in [2.75, 3.05) is 6.61 Å². The summed E-state index contributed by atoms with van der Waals surface area (Å²) in [5.41, 5.74) is -0.657. The topological polar surface area (TPSA) is 46.5 Å². The fourth-order valence-electron chi connectivity index (χ4n) is 1.28. The van der Waals surface area contributed by atoms with Crippen LogP contribution in [0.3, 0.4) is 0 Å². The number of aliphatic hydroxyl groups is 1. The van der Waals surface area contributed by atoms with Crippen molar-refractivity contribution in [1.29, 1.82) is 0 Å².